The Morgan fingerprint density at radius 2 is 1.90 bits per heavy atom. The fraction of sp³-hybridized carbons (Fsp3) is 0.667. The van der Waals surface area contributed by atoms with Gasteiger partial charge in [0.1, 0.15) is 17.2 Å². The van der Waals surface area contributed by atoms with Gasteiger partial charge in [0.05, 0.1) is 7.11 Å². The summed E-state index contributed by atoms with van der Waals surface area (Å²) in [5, 5.41) is 10.0. The van der Waals surface area contributed by atoms with E-state index in [1.54, 1.807) is 14.0 Å². The number of rotatable bonds is 3. The fourth-order valence-electron chi connectivity index (χ4n) is 2.36. The van der Waals surface area contributed by atoms with Gasteiger partial charge in [-0.05, 0) is 12.8 Å². The molecule has 1 heterocycles. The predicted molar refractivity (Wildman–Crippen MR) is 83.0 cm³/mol. The fourth-order valence-corrected chi connectivity index (χ4v) is 2.36. The third-order valence-electron chi connectivity index (χ3n) is 3.49. The molecule has 112 valence electrons. The zero-order chi connectivity index (χ0) is 15.0. The molecule has 1 aromatic rings. The van der Waals surface area contributed by atoms with E-state index >= 15 is 0 Å². The molecule has 0 bridgehead atoms. The molecule has 1 saturated carbocycles. The highest BCUT2D eigenvalue weighted by Gasteiger charge is 2.09. The minimum Gasteiger partial charge on any atom is -0.479 e. The van der Waals surface area contributed by atoms with E-state index in [4.69, 9.17) is 10.1 Å². The first-order valence-electron chi connectivity index (χ1n) is 7.23. The number of ether oxygens (including phenoxy) is 1. The van der Waals surface area contributed by atoms with Gasteiger partial charge in [0.15, 0.2) is 0 Å². The summed E-state index contributed by atoms with van der Waals surface area (Å²) in [6, 6.07) is 0. The summed E-state index contributed by atoms with van der Waals surface area (Å²) < 4.78 is 5.04. The first kappa shape index (κ1) is 16.4. The van der Waals surface area contributed by atoms with Gasteiger partial charge in [-0.15, -0.1) is 0 Å². The number of hydrogen-bond acceptors (Lipinski definition) is 5. The molecular weight excluding hydrogens is 252 g/mol. The summed E-state index contributed by atoms with van der Waals surface area (Å²) in [5.41, 5.74) is 1.18. The van der Waals surface area contributed by atoms with Crippen LogP contribution < -0.4 is 10.1 Å². The molecule has 5 heteroatoms. The van der Waals surface area contributed by atoms with Gasteiger partial charge in [0, 0.05) is 13.3 Å². The topological polar surface area (TPSA) is 70.9 Å². The monoisotopic (exact) mass is 278 g/mol. The molecule has 20 heavy (non-hydrogen) atoms. The first-order valence-corrected chi connectivity index (χ1v) is 7.23. The highest BCUT2D eigenvalue weighted by Crippen LogP contribution is 2.23. The Morgan fingerprint density at radius 1 is 1.25 bits per heavy atom. The lowest BCUT2D eigenvalue weighted by atomic mass is 9.91. The zero-order valence-corrected chi connectivity index (χ0v) is 13.0. The second-order valence-corrected chi connectivity index (χ2v) is 5.18. The Hall–Kier alpha value is -1.65. The number of aryl methyl sites for hydroxylation is 1. The maximum absolute atomic E-state index is 7.15. The molecule has 0 spiro atoms. The smallest absolute Gasteiger partial charge is 0.241 e. The molecule has 1 aliphatic carbocycles. The van der Waals surface area contributed by atoms with E-state index in [0.717, 1.165) is 5.92 Å². The van der Waals surface area contributed by atoms with Crippen LogP contribution in [0.3, 0.4) is 0 Å². The quantitative estimate of drug-likeness (QED) is 0.831. The van der Waals surface area contributed by atoms with Crippen molar-refractivity contribution in [3.05, 3.63) is 11.5 Å². The summed E-state index contributed by atoms with van der Waals surface area (Å²) in [6.45, 7) is 4.12. The second kappa shape index (κ2) is 8.51. The van der Waals surface area contributed by atoms with Gasteiger partial charge in [-0.25, -0.2) is 4.98 Å². The normalized spacial score (nSPS) is 15.0. The Morgan fingerprint density at radius 3 is 2.30 bits per heavy atom. The number of aromatic nitrogens is 2. The van der Waals surface area contributed by atoms with E-state index in [9.17, 15) is 0 Å². The summed E-state index contributed by atoms with van der Waals surface area (Å²) in [6.07, 6.45) is 8.61. The van der Waals surface area contributed by atoms with Crippen LogP contribution in [0.15, 0.2) is 0 Å². The second-order valence-electron chi connectivity index (χ2n) is 5.18. The van der Waals surface area contributed by atoms with Crippen LogP contribution in [0, 0.1) is 18.3 Å². The Bertz CT molecular complexity index is 428. The van der Waals surface area contributed by atoms with Crippen LogP contribution in [0.5, 0.6) is 5.88 Å². The predicted octanol–water partition coefficient (Wildman–Crippen LogP) is 3.42. The number of methoxy groups -OCH3 is 1. The van der Waals surface area contributed by atoms with Crippen molar-refractivity contribution in [2.24, 2.45) is 5.92 Å². The van der Waals surface area contributed by atoms with Crippen molar-refractivity contribution in [2.45, 2.75) is 46.0 Å². The highest BCUT2D eigenvalue weighted by molar-refractivity contribution is 5.84. The molecule has 0 aliphatic heterocycles. The van der Waals surface area contributed by atoms with E-state index in [-0.39, 0.29) is 0 Å². The molecule has 1 aromatic heterocycles. The van der Waals surface area contributed by atoms with Crippen LogP contribution in [-0.2, 0) is 0 Å². The Kier molecular flexibility index (Phi) is 6.98. The molecule has 1 aliphatic rings. The number of nitrogens with zero attached hydrogens (tertiary/aromatic N) is 2. The molecule has 0 atom stereocenters. The van der Waals surface area contributed by atoms with Crippen LogP contribution in [0.4, 0.5) is 5.69 Å². The molecule has 0 aromatic carbocycles. The van der Waals surface area contributed by atoms with Crippen molar-refractivity contribution >= 4 is 11.9 Å². The first-order chi connectivity index (χ1) is 9.62. The molecule has 5 nitrogen and oxygen atoms in total. The molecule has 0 saturated heterocycles. The maximum Gasteiger partial charge on any atom is 0.241 e. The summed E-state index contributed by atoms with van der Waals surface area (Å²) >= 11 is 0. The third kappa shape index (κ3) is 4.79. The van der Waals surface area contributed by atoms with Crippen LogP contribution in [0.1, 0.15) is 50.5 Å². The number of anilines is 1. The molecular formula is C15H26N4O. The molecule has 2 rings (SSSR count). The van der Waals surface area contributed by atoms with E-state index in [0.29, 0.717) is 23.1 Å². The SMILES string of the molecule is CC1CCCCC1.CNc1c(C=N)nc(C)nc1OC. The van der Waals surface area contributed by atoms with Crippen LogP contribution in [0.25, 0.3) is 0 Å². The van der Waals surface area contributed by atoms with Crippen molar-refractivity contribution in [1.29, 1.82) is 5.41 Å². The molecule has 1 fully saturated rings. The average molecular weight is 278 g/mol. The van der Waals surface area contributed by atoms with Crippen molar-refractivity contribution in [2.75, 3.05) is 19.5 Å². The lowest BCUT2D eigenvalue weighted by Crippen LogP contribution is -2.05. The minimum absolute atomic E-state index is 0.466. The number of hydrogen-bond donors (Lipinski definition) is 2. The van der Waals surface area contributed by atoms with E-state index < -0.39 is 0 Å². The molecule has 2 N–H and O–H groups in total. The summed E-state index contributed by atoms with van der Waals surface area (Å²) in [5.74, 6) is 2.09. The van der Waals surface area contributed by atoms with Gasteiger partial charge in [0.2, 0.25) is 5.88 Å². The largest absolute Gasteiger partial charge is 0.479 e. The lowest BCUT2D eigenvalue weighted by Gasteiger charge is -2.15. The van der Waals surface area contributed by atoms with E-state index in [1.165, 1.54) is 45.4 Å². The van der Waals surface area contributed by atoms with Gasteiger partial charge < -0.3 is 15.5 Å². The van der Waals surface area contributed by atoms with Gasteiger partial charge in [-0.2, -0.15) is 4.98 Å². The Labute approximate surface area is 121 Å². The number of nitrogens with one attached hydrogen (secondary N) is 2. The third-order valence-corrected chi connectivity index (χ3v) is 3.49. The van der Waals surface area contributed by atoms with Crippen molar-refractivity contribution < 1.29 is 4.74 Å². The average Bonchev–Trinajstić information content (AvgIpc) is 2.47. The van der Waals surface area contributed by atoms with Crippen LogP contribution >= 0.6 is 0 Å². The summed E-state index contributed by atoms with van der Waals surface area (Å²) in [7, 11) is 3.28. The maximum atomic E-state index is 7.15. The van der Waals surface area contributed by atoms with Crippen LogP contribution in [0.2, 0.25) is 0 Å². The van der Waals surface area contributed by atoms with E-state index in [2.05, 4.69) is 22.2 Å². The summed E-state index contributed by atoms with van der Waals surface area (Å²) in [4.78, 5) is 8.15. The zero-order valence-electron chi connectivity index (χ0n) is 13.0. The van der Waals surface area contributed by atoms with Gasteiger partial charge >= 0.3 is 0 Å². The molecule has 0 unspecified atom stereocenters. The Balaban J connectivity index is 0.000000240. The van der Waals surface area contributed by atoms with Crippen molar-refractivity contribution in [3.63, 3.8) is 0 Å². The standard InChI is InChI=1S/C8H12N4O.C7H14/c1-5-11-6(4-9)7(10-2)8(12-5)13-3;1-7-5-3-2-4-6-7/h4,9-10H,1-3H3;7H,2-6H2,1H3. The van der Waals surface area contributed by atoms with Crippen molar-refractivity contribution in [1.82, 2.24) is 9.97 Å². The van der Waals surface area contributed by atoms with Gasteiger partial charge in [-0.1, -0.05) is 39.0 Å². The van der Waals surface area contributed by atoms with Crippen molar-refractivity contribution in [3.8, 4) is 5.88 Å². The molecule has 0 amide bonds. The van der Waals surface area contributed by atoms with E-state index in [1.807, 2.05) is 0 Å². The highest BCUT2D eigenvalue weighted by atomic mass is 16.5. The van der Waals surface area contributed by atoms with Crippen LogP contribution in [-0.4, -0.2) is 30.3 Å². The minimum atomic E-state index is 0.466. The molecule has 0 radical (unpaired) electrons. The lowest BCUT2D eigenvalue weighted by molar-refractivity contribution is 0.385. The van der Waals surface area contributed by atoms with Gasteiger partial charge in [-0.3, -0.25) is 0 Å². The van der Waals surface area contributed by atoms with Gasteiger partial charge in [0.25, 0.3) is 0 Å².